The van der Waals surface area contributed by atoms with Crippen LogP contribution in [-0.4, -0.2) is 23.0 Å². The molecule has 0 aliphatic carbocycles. The Morgan fingerprint density at radius 1 is 1.40 bits per heavy atom. The standard InChI is InChI=1S/C14H14F2N2O2/c1-2-12-14(18-7-17-12)9(6-20-8-19)13-10(15)4-3-5-11(13)16/h3-5,7-9H,2,6H2,1H3,(H,17,18). The van der Waals surface area contributed by atoms with Crippen LogP contribution in [0.2, 0.25) is 0 Å². The average molecular weight is 280 g/mol. The molecule has 0 saturated carbocycles. The summed E-state index contributed by atoms with van der Waals surface area (Å²) in [6.45, 7) is 1.98. The molecule has 106 valence electrons. The van der Waals surface area contributed by atoms with E-state index < -0.39 is 17.6 Å². The molecule has 1 atom stereocenters. The van der Waals surface area contributed by atoms with Gasteiger partial charge < -0.3 is 9.72 Å². The maximum Gasteiger partial charge on any atom is 0.293 e. The molecule has 0 bridgehead atoms. The van der Waals surface area contributed by atoms with Crippen LogP contribution in [0, 0.1) is 11.6 Å². The summed E-state index contributed by atoms with van der Waals surface area (Å²) in [5.74, 6) is -2.15. The van der Waals surface area contributed by atoms with Crippen LogP contribution in [0.25, 0.3) is 0 Å². The van der Waals surface area contributed by atoms with E-state index in [0.717, 1.165) is 5.69 Å². The molecule has 0 spiro atoms. The molecule has 0 fully saturated rings. The minimum Gasteiger partial charge on any atom is -0.467 e. The number of aromatic nitrogens is 2. The van der Waals surface area contributed by atoms with Crippen LogP contribution in [0.5, 0.6) is 0 Å². The topological polar surface area (TPSA) is 55.0 Å². The van der Waals surface area contributed by atoms with Gasteiger partial charge in [-0.1, -0.05) is 13.0 Å². The van der Waals surface area contributed by atoms with Crippen LogP contribution in [0.4, 0.5) is 8.78 Å². The quantitative estimate of drug-likeness (QED) is 0.827. The van der Waals surface area contributed by atoms with Crippen LogP contribution in [0.3, 0.4) is 0 Å². The number of hydrogen-bond acceptors (Lipinski definition) is 3. The van der Waals surface area contributed by atoms with Gasteiger partial charge in [-0.25, -0.2) is 13.8 Å². The zero-order chi connectivity index (χ0) is 14.5. The number of nitrogens with one attached hydrogen (secondary N) is 1. The first-order chi connectivity index (χ1) is 9.69. The van der Waals surface area contributed by atoms with Gasteiger partial charge in [-0.05, 0) is 18.6 Å². The number of carbonyl (C=O) groups is 1. The summed E-state index contributed by atoms with van der Waals surface area (Å²) in [6.07, 6.45) is 2.09. The Labute approximate surface area is 114 Å². The second-order valence-corrected chi connectivity index (χ2v) is 4.24. The molecule has 1 N–H and O–H groups in total. The van der Waals surface area contributed by atoms with Gasteiger partial charge in [-0.15, -0.1) is 0 Å². The monoisotopic (exact) mass is 280 g/mol. The van der Waals surface area contributed by atoms with Crippen LogP contribution < -0.4 is 0 Å². The average Bonchev–Trinajstić information content (AvgIpc) is 2.90. The summed E-state index contributed by atoms with van der Waals surface area (Å²) in [6, 6.07) is 3.63. The second-order valence-electron chi connectivity index (χ2n) is 4.24. The maximum atomic E-state index is 13.9. The Morgan fingerprint density at radius 2 is 2.10 bits per heavy atom. The van der Waals surface area contributed by atoms with E-state index in [-0.39, 0.29) is 18.6 Å². The largest absolute Gasteiger partial charge is 0.467 e. The van der Waals surface area contributed by atoms with Crippen molar-refractivity contribution in [1.82, 2.24) is 9.97 Å². The molecular weight excluding hydrogens is 266 g/mol. The summed E-state index contributed by atoms with van der Waals surface area (Å²) in [4.78, 5) is 17.4. The fourth-order valence-electron chi connectivity index (χ4n) is 2.19. The van der Waals surface area contributed by atoms with Gasteiger partial charge in [-0.3, -0.25) is 4.79 Å². The summed E-state index contributed by atoms with van der Waals surface area (Å²) in [5, 5.41) is 0. The van der Waals surface area contributed by atoms with E-state index in [0.29, 0.717) is 12.1 Å². The van der Waals surface area contributed by atoms with Crippen molar-refractivity contribution in [1.29, 1.82) is 0 Å². The lowest BCUT2D eigenvalue weighted by Crippen LogP contribution is -2.15. The lowest BCUT2D eigenvalue weighted by Gasteiger charge is -2.17. The van der Waals surface area contributed by atoms with Crippen LogP contribution in [0.15, 0.2) is 24.5 Å². The number of aromatic amines is 1. The fourth-order valence-corrected chi connectivity index (χ4v) is 2.19. The lowest BCUT2D eigenvalue weighted by atomic mass is 9.93. The molecule has 4 nitrogen and oxygen atoms in total. The molecular formula is C14H14F2N2O2. The third kappa shape index (κ3) is 2.68. The molecule has 20 heavy (non-hydrogen) atoms. The first-order valence-corrected chi connectivity index (χ1v) is 6.20. The first-order valence-electron chi connectivity index (χ1n) is 6.20. The number of ether oxygens (including phenoxy) is 1. The smallest absolute Gasteiger partial charge is 0.293 e. The molecule has 2 rings (SSSR count). The highest BCUT2D eigenvalue weighted by Gasteiger charge is 2.26. The minimum atomic E-state index is -0.775. The highest BCUT2D eigenvalue weighted by atomic mass is 19.1. The molecule has 0 amide bonds. The van der Waals surface area contributed by atoms with E-state index >= 15 is 0 Å². The van der Waals surface area contributed by atoms with E-state index in [1.165, 1.54) is 24.5 Å². The van der Waals surface area contributed by atoms with Gasteiger partial charge in [0.05, 0.1) is 17.9 Å². The van der Waals surface area contributed by atoms with Crippen molar-refractivity contribution in [2.75, 3.05) is 6.61 Å². The van der Waals surface area contributed by atoms with E-state index in [2.05, 4.69) is 9.97 Å². The molecule has 0 aliphatic rings. The van der Waals surface area contributed by atoms with Crippen molar-refractivity contribution in [2.45, 2.75) is 19.3 Å². The number of H-pyrrole nitrogens is 1. The number of aryl methyl sites for hydroxylation is 1. The predicted octanol–water partition coefficient (Wildman–Crippen LogP) is 2.56. The van der Waals surface area contributed by atoms with Crippen molar-refractivity contribution < 1.29 is 18.3 Å². The molecule has 6 heteroatoms. The van der Waals surface area contributed by atoms with Gasteiger partial charge >= 0.3 is 0 Å². The van der Waals surface area contributed by atoms with Crippen LogP contribution in [0.1, 0.15) is 29.8 Å². The number of nitrogens with zero attached hydrogens (tertiary/aromatic N) is 1. The Balaban J connectivity index is 2.50. The van der Waals surface area contributed by atoms with Crippen LogP contribution >= 0.6 is 0 Å². The maximum absolute atomic E-state index is 13.9. The zero-order valence-electron chi connectivity index (χ0n) is 10.9. The molecule has 0 aliphatic heterocycles. The van der Waals surface area contributed by atoms with Gasteiger partial charge in [0.25, 0.3) is 6.47 Å². The van der Waals surface area contributed by atoms with E-state index in [4.69, 9.17) is 4.74 Å². The highest BCUT2D eigenvalue weighted by molar-refractivity contribution is 5.39. The molecule has 0 saturated heterocycles. The number of benzene rings is 1. The Kier molecular flexibility index (Phi) is 4.45. The summed E-state index contributed by atoms with van der Waals surface area (Å²) < 4.78 is 32.6. The lowest BCUT2D eigenvalue weighted by molar-refractivity contribution is -0.129. The number of halogens is 2. The predicted molar refractivity (Wildman–Crippen MR) is 68.2 cm³/mol. The molecule has 1 aromatic carbocycles. The number of carbonyl (C=O) groups excluding carboxylic acids is 1. The van der Waals surface area contributed by atoms with E-state index in [1.54, 1.807) is 0 Å². The van der Waals surface area contributed by atoms with Crippen molar-refractivity contribution in [3.63, 3.8) is 0 Å². The molecule has 2 aromatic rings. The van der Waals surface area contributed by atoms with Gasteiger partial charge in [0.15, 0.2) is 0 Å². The fraction of sp³-hybridized carbons (Fsp3) is 0.286. The van der Waals surface area contributed by atoms with Crippen molar-refractivity contribution in [2.24, 2.45) is 0 Å². The summed E-state index contributed by atoms with van der Waals surface area (Å²) in [5.41, 5.74) is 1.10. The van der Waals surface area contributed by atoms with Crippen molar-refractivity contribution in [3.05, 3.63) is 53.1 Å². The summed E-state index contributed by atoms with van der Waals surface area (Å²) in [7, 11) is 0. The minimum absolute atomic E-state index is 0.142. The van der Waals surface area contributed by atoms with E-state index in [1.807, 2.05) is 6.92 Å². The SMILES string of the molecule is CCc1[nH]cnc1C(COC=O)c1c(F)cccc1F. The van der Waals surface area contributed by atoms with Gasteiger partial charge in [0, 0.05) is 11.3 Å². The van der Waals surface area contributed by atoms with Crippen molar-refractivity contribution >= 4 is 6.47 Å². The normalized spacial score (nSPS) is 12.2. The summed E-state index contributed by atoms with van der Waals surface area (Å²) >= 11 is 0. The number of hydrogen-bond donors (Lipinski definition) is 1. The molecule has 1 unspecified atom stereocenters. The Bertz CT molecular complexity index is 578. The molecule has 1 heterocycles. The van der Waals surface area contributed by atoms with Gasteiger partial charge in [0.1, 0.15) is 18.2 Å². The number of imidazole rings is 1. The Morgan fingerprint density at radius 3 is 2.70 bits per heavy atom. The number of rotatable bonds is 6. The van der Waals surface area contributed by atoms with Gasteiger partial charge in [0.2, 0.25) is 0 Å². The third-order valence-corrected chi connectivity index (χ3v) is 3.11. The van der Waals surface area contributed by atoms with Crippen molar-refractivity contribution in [3.8, 4) is 0 Å². The molecule has 1 aromatic heterocycles. The second kappa shape index (κ2) is 6.27. The van der Waals surface area contributed by atoms with Gasteiger partial charge in [-0.2, -0.15) is 0 Å². The van der Waals surface area contributed by atoms with Crippen LogP contribution in [-0.2, 0) is 16.0 Å². The third-order valence-electron chi connectivity index (χ3n) is 3.11. The Hall–Kier alpha value is -2.24. The molecule has 0 radical (unpaired) electrons. The highest BCUT2D eigenvalue weighted by Crippen LogP contribution is 2.30. The van der Waals surface area contributed by atoms with E-state index in [9.17, 15) is 13.6 Å². The zero-order valence-corrected chi connectivity index (χ0v) is 10.9. The first kappa shape index (κ1) is 14.2.